The van der Waals surface area contributed by atoms with E-state index in [1.165, 1.54) is 5.56 Å². The molecule has 7 heteroatoms. The highest BCUT2D eigenvalue weighted by molar-refractivity contribution is 5.79. The average Bonchev–Trinajstić information content (AvgIpc) is 3.27. The molecule has 0 spiro atoms. The molecule has 3 aromatic rings. The Bertz CT molecular complexity index is 1090. The minimum absolute atomic E-state index is 0.175. The maximum atomic E-state index is 12.7. The van der Waals surface area contributed by atoms with Gasteiger partial charge in [-0.3, -0.25) is 4.79 Å². The second-order valence-electron chi connectivity index (χ2n) is 7.88. The molecule has 2 aliphatic rings. The number of nitrogens with zero attached hydrogens (tertiary/aromatic N) is 4. The number of carbonyl (C=O) groups is 1. The monoisotopic (exact) mass is 416 g/mol. The van der Waals surface area contributed by atoms with E-state index in [2.05, 4.69) is 21.2 Å². The topological polar surface area (TPSA) is 67.8 Å². The van der Waals surface area contributed by atoms with Crippen molar-refractivity contribution in [3.05, 3.63) is 65.7 Å². The molecule has 7 nitrogen and oxygen atoms in total. The largest absolute Gasteiger partial charge is 0.454 e. The Morgan fingerprint density at radius 1 is 0.935 bits per heavy atom. The molecule has 5 rings (SSSR count). The third-order valence-corrected chi connectivity index (χ3v) is 5.71. The SMILES string of the molecule is Cc1cccc(CC(=O)N2CCN(c3ccc(-c4ccc5c(c4)OCO5)nn3)CC2)c1. The molecule has 0 unspecified atom stereocenters. The van der Waals surface area contributed by atoms with Gasteiger partial charge in [-0.2, -0.15) is 0 Å². The number of rotatable bonds is 4. The highest BCUT2D eigenvalue weighted by atomic mass is 16.7. The second kappa shape index (κ2) is 8.26. The third kappa shape index (κ3) is 4.17. The van der Waals surface area contributed by atoms with Crippen molar-refractivity contribution >= 4 is 11.7 Å². The summed E-state index contributed by atoms with van der Waals surface area (Å²) in [5.74, 6) is 2.49. The van der Waals surface area contributed by atoms with Gasteiger partial charge in [0.05, 0.1) is 12.1 Å². The van der Waals surface area contributed by atoms with Crippen LogP contribution in [-0.4, -0.2) is 54.0 Å². The minimum Gasteiger partial charge on any atom is -0.454 e. The predicted octanol–water partition coefficient (Wildman–Crippen LogP) is 3.07. The van der Waals surface area contributed by atoms with Crippen LogP contribution < -0.4 is 14.4 Å². The molecule has 2 aromatic carbocycles. The Labute approximate surface area is 181 Å². The molecule has 1 fully saturated rings. The van der Waals surface area contributed by atoms with Crippen LogP contribution in [0.3, 0.4) is 0 Å². The van der Waals surface area contributed by atoms with Crippen molar-refractivity contribution in [2.45, 2.75) is 13.3 Å². The molecule has 0 saturated carbocycles. The summed E-state index contributed by atoms with van der Waals surface area (Å²) in [7, 11) is 0. The number of carbonyl (C=O) groups excluding carboxylic acids is 1. The van der Waals surface area contributed by atoms with Gasteiger partial charge < -0.3 is 19.3 Å². The zero-order valence-electron chi connectivity index (χ0n) is 17.5. The molecule has 1 saturated heterocycles. The van der Waals surface area contributed by atoms with E-state index >= 15 is 0 Å². The highest BCUT2D eigenvalue weighted by Crippen LogP contribution is 2.35. The number of hydrogen-bond donors (Lipinski definition) is 0. The Balaban J connectivity index is 1.19. The van der Waals surface area contributed by atoms with Crippen molar-refractivity contribution in [1.82, 2.24) is 15.1 Å². The zero-order chi connectivity index (χ0) is 21.2. The maximum Gasteiger partial charge on any atom is 0.231 e. The lowest BCUT2D eigenvalue weighted by Gasteiger charge is -2.35. The zero-order valence-corrected chi connectivity index (χ0v) is 17.5. The molecule has 31 heavy (non-hydrogen) atoms. The number of piperazine rings is 1. The third-order valence-electron chi connectivity index (χ3n) is 5.71. The number of amides is 1. The van der Waals surface area contributed by atoms with E-state index in [9.17, 15) is 4.79 Å². The van der Waals surface area contributed by atoms with Crippen LogP contribution in [0.2, 0.25) is 0 Å². The lowest BCUT2D eigenvalue weighted by Crippen LogP contribution is -2.49. The molecule has 0 atom stereocenters. The number of fused-ring (bicyclic) bond motifs is 1. The van der Waals surface area contributed by atoms with Gasteiger partial charge in [0.2, 0.25) is 12.7 Å². The first kappa shape index (κ1) is 19.4. The number of hydrogen-bond acceptors (Lipinski definition) is 6. The molecule has 0 N–H and O–H groups in total. The number of ether oxygens (including phenoxy) is 2. The number of aryl methyl sites for hydroxylation is 1. The van der Waals surface area contributed by atoms with E-state index < -0.39 is 0 Å². The van der Waals surface area contributed by atoms with Crippen LogP contribution in [0.25, 0.3) is 11.3 Å². The summed E-state index contributed by atoms with van der Waals surface area (Å²) in [4.78, 5) is 16.8. The lowest BCUT2D eigenvalue weighted by atomic mass is 10.1. The Morgan fingerprint density at radius 2 is 1.77 bits per heavy atom. The van der Waals surface area contributed by atoms with Gasteiger partial charge in [0.15, 0.2) is 17.3 Å². The molecule has 2 aliphatic heterocycles. The van der Waals surface area contributed by atoms with Gasteiger partial charge in [-0.05, 0) is 42.8 Å². The van der Waals surface area contributed by atoms with Crippen LogP contribution in [0.5, 0.6) is 11.5 Å². The summed E-state index contributed by atoms with van der Waals surface area (Å²) < 4.78 is 10.8. The van der Waals surface area contributed by atoms with E-state index in [4.69, 9.17) is 9.47 Å². The van der Waals surface area contributed by atoms with Crippen molar-refractivity contribution in [3.63, 3.8) is 0 Å². The first-order valence-corrected chi connectivity index (χ1v) is 10.5. The van der Waals surface area contributed by atoms with E-state index in [-0.39, 0.29) is 12.7 Å². The van der Waals surface area contributed by atoms with Crippen LogP contribution in [0, 0.1) is 6.92 Å². The molecule has 1 amide bonds. The molecular formula is C24H24N4O3. The quantitative estimate of drug-likeness (QED) is 0.651. The first-order valence-electron chi connectivity index (χ1n) is 10.5. The van der Waals surface area contributed by atoms with Crippen molar-refractivity contribution in [2.24, 2.45) is 0 Å². The fourth-order valence-corrected chi connectivity index (χ4v) is 4.00. The van der Waals surface area contributed by atoms with Gasteiger partial charge in [-0.1, -0.05) is 29.8 Å². The fourth-order valence-electron chi connectivity index (χ4n) is 4.00. The standard InChI is InChI=1S/C24H24N4O3/c1-17-3-2-4-18(13-17)14-24(29)28-11-9-27(10-12-28)23-8-6-20(25-26-23)19-5-7-21-22(15-19)31-16-30-21/h2-8,13,15H,9-12,14,16H2,1H3. The summed E-state index contributed by atoms with van der Waals surface area (Å²) in [6.45, 7) is 5.18. The summed E-state index contributed by atoms with van der Waals surface area (Å²) in [6.07, 6.45) is 0.450. The molecule has 0 radical (unpaired) electrons. The Kier molecular flexibility index (Phi) is 5.16. The summed E-state index contributed by atoms with van der Waals surface area (Å²) >= 11 is 0. The fraction of sp³-hybridized carbons (Fsp3) is 0.292. The van der Waals surface area contributed by atoms with Gasteiger partial charge in [0.1, 0.15) is 0 Å². The van der Waals surface area contributed by atoms with Crippen molar-refractivity contribution < 1.29 is 14.3 Å². The number of benzene rings is 2. The molecule has 0 bridgehead atoms. The summed E-state index contributed by atoms with van der Waals surface area (Å²) in [5, 5.41) is 8.82. The molecular weight excluding hydrogens is 392 g/mol. The van der Waals surface area contributed by atoms with E-state index in [0.29, 0.717) is 19.5 Å². The van der Waals surface area contributed by atoms with Gasteiger partial charge in [-0.25, -0.2) is 0 Å². The first-order chi connectivity index (χ1) is 15.2. The van der Waals surface area contributed by atoms with Crippen LogP contribution in [-0.2, 0) is 11.2 Å². The summed E-state index contributed by atoms with van der Waals surface area (Å²) in [5.41, 5.74) is 3.97. The van der Waals surface area contributed by atoms with Crippen LogP contribution in [0.15, 0.2) is 54.6 Å². The van der Waals surface area contributed by atoms with E-state index in [0.717, 1.165) is 47.2 Å². The van der Waals surface area contributed by atoms with Crippen molar-refractivity contribution in [1.29, 1.82) is 0 Å². The number of aromatic nitrogens is 2. The van der Waals surface area contributed by atoms with Crippen molar-refractivity contribution in [2.75, 3.05) is 37.9 Å². The smallest absolute Gasteiger partial charge is 0.231 e. The van der Waals surface area contributed by atoms with E-state index in [1.807, 2.05) is 60.4 Å². The van der Waals surface area contributed by atoms with Crippen LogP contribution in [0.1, 0.15) is 11.1 Å². The molecule has 1 aromatic heterocycles. The minimum atomic E-state index is 0.175. The van der Waals surface area contributed by atoms with Crippen molar-refractivity contribution in [3.8, 4) is 22.8 Å². The Morgan fingerprint density at radius 3 is 2.55 bits per heavy atom. The normalized spacial score (nSPS) is 15.3. The van der Waals surface area contributed by atoms with Crippen LogP contribution in [0.4, 0.5) is 5.82 Å². The maximum absolute atomic E-state index is 12.7. The van der Waals surface area contributed by atoms with E-state index in [1.54, 1.807) is 0 Å². The Hall–Kier alpha value is -3.61. The molecule has 0 aliphatic carbocycles. The van der Waals surface area contributed by atoms with Gasteiger partial charge in [0, 0.05) is 31.7 Å². The molecule has 3 heterocycles. The predicted molar refractivity (Wildman–Crippen MR) is 117 cm³/mol. The van der Waals surface area contributed by atoms with Gasteiger partial charge in [0.25, 0.3) is 0 Å². The lowest BCUT2D eigenvalue weighted by molar-refractivity contribution is -0.130. The highest BCUT2D eigenvalue weighted by Gasteiger charge is 2.22. The second-order valence-corrected chi connectivity index (χ2v) is 7.88. The number of anilines is 1. The van der Waals surface area contributed by atoms with Gasteiger partial charge >= 0.3 is 0 Å². The van der Waals surface area contributed by atoms with Gasteiger partial charge in [-0.15, -0.1) is 10.2 Å². The average molecular weight is 416 g/mol. The van der Waals surface area contributed by atoms with Crippen LogP contribution >= 0.6 is 0 Å². The molecule has 158 valence electrons. The summed E-state index contributed by atoms with van der Waals surface area (Å²) in [6, 6.07) is 17.9.